The lowest BCUT2D eigenvalue weighted by Gasteiger charge is -2.35. The number of amides is 1. The van der Waals surface area contributed by atoms with Gasteiger partial charge in [-0.05, 0) is 25.0 Å². The van der Waals surface area contributed by atoms with Gasteiger partial charge in [0.2, 0.25) is 10.0 Å². The van der Waals surface area contributed by atoms with Gasteiger partial charge < -0.3 is 15.4 Å². The summed E-state index contributed by atoms with van der Waals surface area (Å²) in [5.41, 5.74) is 5.54. The van der Waals surface area contributed by atoms with E-state index in [2.05, 4.69) is 0 Å². The van der Waals surface area contributed by atoms with Crippen LogP contribution in [0.2, 0.25) is 0 Å². The van der Waals surface area contributed by atoms with Crippen molar-refractivity contribution in [3.05, 3.63) is 29.8 Å². The third kappa shape index (κ3) is 3.59. The molecule has 7 nitrogen and oxygen atoms in total. The number of ether oxygens (including phenoxy) is 1. The second-order valence-electron chi connectivity index (χ2n) is 6.34. The molecule has 0 aromatic heterocycles. The Morgan fingerprint density at radius 1 is 1.15 bits per heavy atom. The minimum absolute atomic E-state index is 0.0329. The van der Waals surface area contributed by atoms with Gasteiger partial charge in [0.1, 0.15) is 17.7 Å². The molecule has 2 heterocycles. The summed E-state index contributed by atoms with van der Waals surface area (Å²) in [5, 5.41) is 0. The van der Waals surface area contributed by atoms with E-state index in [-0.39, 0.29) is 38.2 Å². The van der Waals surface area contributed by atoms with Crippen LogP contribution in [0.3, 0.4) is 0 Å². The first-order valence-corrected chi connectivity index (χ1v) is 9.87. The molecule has 2 saturated heterocycles. The van der Waals surface area contributed by atoms with Crippen molar-refractivity contribution in [1.29, 1.82) is 0 Å². The van der Waals surface area contributed by atoms with Crippen molar-refractivity contribution in [2.45, 2.75) is 29.9 Å². The van der Waals surface area contributed by atoms with E-state index in [9.17, 15) is 22.0 Å². The summed E-state index contributed by atoms with van der Waals surface area (Å²) < 4.78 is 59.4. The maximum Gasteiger partial charge on any atom is 0.251 e. The fraction of sp³-hybridized carbons (Fsp3) is 0.562. The van der Waals surface area contributed by atoms with Gasteiger partial charge in [0.05, 0.1) is 6.10 Å². The number of nitrogens with two attached hydrogens (primary N) is 1. The zero-order valence-electron chi connectivity index (χ0n) is 14.1. The Balaban J connectivity index is 1.66. The Morgan fingerprint density at radius 2 is 1.77 bits per heavy atom. The molecule has 2 aliphatic rings. The summed E-state index contributed by atoms with van der Waals surface area (Å²) in [6.45, 7) is 0.566. The highest BCUT2D eigenvalue weighted by Gasteiger charge is 2.37. The van der Waals surface area contributed by atoms with E-state index >= 15 is 0 Å². The number of sulfonamides is 1. The van der Waals surface area contributed by atoms with Crippen molar-refractivity contribution in [1.82, 2.24) is 9.21 Å². The van der Waals surface area contributed by atoms with Crippen molar-refractivity contribution in [2.75, 3.05) is 32.7 Å². The summed E-state index contributed by atoms with van der Waals surface area (Å²) in [6, 6.07) is 2.92. The largest absolute Gasteiger partial charge is 0.364 e. The van der Waals surface area contributed by atoms with Crippen LogP contribution in [0.5, 0.6) is 0 Å². The van der Waals surface area contributed by atoms with Crippen molar-refractivity contribution < 1.29 is 26.7 Å². The Hall–Kier alpha value is -1.62. The van der Waals surface area contributed by atoms with E-state index in [1.54, 1.807) is 0 Å². The average Bonchev–Trinajstić information content (AvgIpc) is 3.10. The van der Waals surface area contributed by atoms with Gasteiger partial charge in [0.25, 0.3) is 5.91 Å². The fourth-order valence-electron chi connectivity index (χ4n) is 3.27. The topological polar surface area (TPSA) is 92.9 Å². The lowest BCUT2D eigenvalue weighted by Crippen LogP contribution is -2.53. The van der Waals surface area contributed by atoms with Crippen LogP contribution in [0.1, 0.15) is 12.8 Å². The van der Waals surface area contributed by atoms with Gasteiger partial charge >= 0.3 is 0 Å². The number of benzene rings is 1. The molecule has 26 heavy (non-hydrogen) atoms. The molecule has 1 amide bonds. The third-order valence-electron chi connectivity index (χ3n) is 4.71. The lowest BCUT2D eigenvalue weighted by atomic mass is 10.1. The molecule has 1 aromatic carbocycles. The molecule has 0 bridgehead atoms. The Labute approximate surface area is 150 Å². The van der Waals surface area contributed by atoms with E-state index in [1.165, 1.54) is 4.90 Å². The molecular formula is C16H21F2N3O4S. The van der Waals surface area contributed by atoms with Crippen molar-refractivity contribution in [3.8, 4) is 0 Å². The minimum atomic E-state index is -4.31. The molecule has 0 saturated carbocycles. The average molecular weight is 389 g/mol. The minimum Gasteiger partial charge on any atom is -0.364 e. The molecule has 2 fully saturated rings. The highest BCUT2D eigenvalue weighted by molar-refractivity contribution is 7.89. The number of rotatable bonds is 4. The molecule has 0 spiro atoms. The fourth-order valence-corrected chi connectivity index (χ4v) is 4.80. The van der Waals surface area contributed by atoms with Gasteiger partial charge in [-0.25, -0.2) is 17.2 Å². The molecule has 2 N–H and O–H groups in total. The molecule has 2 atom stereocenters. The molecule has 2 aliphatic heterocycles. The molecule has 10 heteroatoms. The molecule has 144 valence electrons. The van der Waals surface area contributed by atoms with Gasteiger partial charge in [-0.1, -0.05) is 6.07 Å². The van der Waals surface area contributed by atoms with Crippen LogP contribution in [0.4, 0.5) is 8.78 Å². The van der Waals surface area contributed by atoms with Crippen LogP contribution in [0, 0.1) is 11.6 Å². The van der Waals surface area contributed by atoms with E-state index in [4.69, 9.17) is 10.5 Å². The summed E-state index contributed by atoms with van der Waals surface area (Å²) in [7, 11) is -4.31. The zero-order chi connectivity index (χ0) is 18.9. The number of halogens is 2. The lowest BCUT2D eigenvalue weighted by molar-refractivity contribution is -0.143. The van der Waals surface area contributed by atoms with E-state index in [0.717, 1.165) is 22.5 Å². The van der Waals surface area contributed by atoms with E-state index in [0.29, 0.717) is 19.4 Å². The SMILES string of the molecule is NC[C@H]1CC[C@@H](C(=O)N2CCN(S(=O)(=O)c3c(F)cccc3F)CC2)O1. The first-order valence-electron chi connectivity index (χ1n) is 8.43. The van der Waals surface area contributed by atoms with Crippen molar-refractivity contribution in [2.24, 2.45) is 5.73 Å². The van der Waals surface area contributed by atoms with Crippen molar-refractivity contribution >= 4 is 15.9 Å². The molecule has 0 aliphatic carbocycles. The summed E-state index contributed by atoms with van der Waals surface area (Å²) in [4.78, 5) is 13.0. The molecule has 0 unspecified atom stereocenters. The van der Waals surface area contributed by atoms with Crippen LogP contribution in [-0.2, 0) is 19.6 Å². The Kier molecular flexibility index (Phi) is 5.56. The molecule has 1 aromatic rings. The monoisotopic (exact) mass is 389 g/mol. The molecule has 3 rings (SSSR count). The van der Waals surface area contributed by atoms with Crippen molar-refractivity contribution in [3.63, 3.8) is 0 Å². The van der Waals surface area contributed by atoms with E-state index < -0.39 is 32.7 Å². The number of carbonyl (C=O) groups excluding carboxylic acids is 1. The zero-order valence-corrected chi connectivity index (χ0v) is 14.9. The van der Waals surface area contributed by atoms with Gasteiger partial charge in [-0.2, -0.15) is 4.31 Å². The van der Waals surface area contributed by atoms with Crippen LogP contribution in [-0.4, -0.2) is 68.5 Å². The van der Waals surface area contributed by atoms with Gasteiger partial charge in [0, 0.05) is 32.7 Å². The summed E-state index contributed by atoms with van der Waals surface area (Å²) in [6.07, 6.45) is 0.610. The Bertz CT molecular complexity index is 761. The first kappa shape index (κ1) is 19.2. The first-order chi connectivity index (χ1) is 12.3. The third-order valence-corrected chi connectivity index (χ3v) is 6.66. The maximum atomic E-state index is 13.8. The smallest absolute Gasteiger partial charge is 0.251 e. The number of nitrogens with zero attached hydrogens (tertiary/aromatic N) is 2. The summed E-state index contributed by atoms with van der Waals surface area (Å²) in [5.74, 6) is -2.46. The van der Waals surface area contributed by atoms with Gasteiger partial charge in [0.15, 0.2) is 4.90 Å². The van der Waals surface area contributed by atoms with Gasteiger partial charge in [-0.3, -0.25) is 4.79 Å². The second kappa shape index (κ2) is 7.55. The number of hydrogen-bond donors (Lipinski definition) is 1. The van der Waals surface area contributed by atoms with Crippen LogP contribution >= 0.6 is 0 Å². The van der Waals surface area contributed by atoms with Crippen LogP contribution < -0.4 is 5.73 Å². The number of carbonyl (C=O) groups is 1. The van der Waals surface area contributed by atoms with Crippen LogP contribution in [0.15, 0.2) is 23.1 Å². The standard InChI is InChI=1S/C16H21F2N3O4S/c17-12-2-1-3-13(18)15(12)26(23,24)21-8-6-20(7-9-21)16(22)14-5-4-11(10-19)25-14/h1-3,11,14H,4-10,19H2/t11-,14+/m1/s1. The quantitative estimate of drug-likeness (QED) is 0.800. The summed E-state index contributed by atoms with van der Waals surface area (Å²) >= 11 is 0. The number of hydrogen-bond acceptors (Lipinski definition) is 5. The maximum absolute atomic E-state index is 13.8. The molecule has 0 radical (unpaired) electrons. The van der Waals surface area contributed by atoms with Gasteiger partial charge in [-0.15, -0.1) is 0 Å². The highest BCUT2D eigenvalue weighted by atomic mass is 32.2. The second-order valence-corrected chi connectivity index (χ2v) is 8.21. The number of piperazine rings is 1. The van der Waals surface area contributed by atoms with E-state index in [1.807, 2.05) is 0 Å². The molecular weight excluding hydrogens is 368 g/mol. The predicted octanol–water partition coefficient (Wildman–Crippen LogP) is 0.304. The predicted molar refractivity (Wildman–Crippen MR) is 88.6 cm³/mol. The highest BCUT2D eigenvalue weighted by Crippen LogP contribution is 2.25. The normalized spacial score (nSPS) is 24.8. The van der Waals surface area contributed by atoms with Crippen LogP contribution in [0.25, 0.3) is 0 Å². The Morgan fingerprint density at radius 3 is 2.31 bits per heavy atom.